The van der Waals surface area contributed by atoms with E-state index in [2.05, 4.69) is 0 Å². The van der Waals surface area contributed by atoms with Crippen molar-refractivity contribution in [2.24, 2.45) is 11.7 Å². The number of ether oxygens (including phenoxy) is 1. The molecule has 1 aliphatic carbocycles. The average molecular weight is 304 g/mol. The van der Waals surface area contributed by atoms with Gasteiger partial charge in [0.25, 0.3) is 0 Å². The van der Waals surface area contributed by atoms with Crippen molar-refractivity contribution in [2.75, 3.05) is 37.7 Å². The molecular formula is C13H24N2O4S. The fourth-order valence-corrected chi connectivity index (χ4v) is 4.05. The van der Waals surface area contributed by atoms with Crippen LogP contribution in [-0.4, -0.2) is 62.6 Å². The van der Waals surface area contributed by atoms with Crippen molar-refractivity contribution in [3.8, 4) is 0 Å². The Morgan fingerprint density at radius 2 is 2.05 bits per heavy atom. The molecule has 2 N–H and O–H groups in total. The standard InChI is InChI=1S/C13H24N2O4S/c1-2-19-12(16)13(14,11-4-5-11)10-15-6-3-8-20(17,18)9-7-15/h11H,2-10,14H2,1H3. The lowest BCUT2D eigenvalue weighted by Gasteiger charge is -2.32. The van der Waals surface area contributed by atoms with E-state index in [1.54, 1.807) is 6.92 Å². The van der Waals surface area contributed by atoms with Gasteiger partial charge in [-0.05, 0) is 38.6 Å². The maximum atomic E-state index is 12.1. The van der Waals surface area contributed by atoms with Crippen molar-refractivity contribution in [1.82, 2.24) is 4.90 Å². The van der Waals surface area contributed by atoms with Gasteiger partial charge in [-0.1, -0.05) is 0 Å². The predicted molar refractivity (Wildman–Crippen MR) is 76.0 cm³/mol. The first-order valence-corrected chi connectivity index (χ1v) is 9.08. The highest BCUT2D eigenvalue weighted by Crippen LogP contribution is 2.39. The maximum Gasteiger partial charge on any atom is 0.327 e. The largest absolute Gasteiger partial charge is 0.465 e. The van der Waals surface area contributed by atoms with Crippen LogP contribution in [0.15, 0.2) is 0 Å². The molecule has 1 unspecified atom stereocenters. The highest BCUT2D eigenvalue weighted by Gasteiger charge is 2.50. The van der Waals surface area contributed by atoms with E-state index < -0.39 is 15.4 Å². The summed E-state index contributed by atoms with van der Waals surface area (Å²) >= 11 is 0. The average Bonchev–Trinajstić information content (AvgIpc) is 3.19. The number of hydrogen-bond donors (Lipinski definition) is 1. The van der Waals surface area contributed by atoms with Crippen molar-refractivity contribution < 1.29 is 17.9 Å². The van der Waals surface area contributed by atoms with Crippen molar-refractivity contribution in [2.45, 2.75) is 31.7 Å². The SMILES string of the molecule is CCOC(=O)C(N)(CN1CCCS(=O)(=O)CC1)C1CC1. The number of nitrogens with two attached hydrogens (primary N) is 1. The van der Waals surface area contributed by atoms with E-state index in [1.165, 1.54) is 0 Å². The first kappa shape index (κ1) is 15.7. The minimum absolute atomic E-state index is 0.149. The van der Waals surface area contributed by atoms with Crippen molar-refractivity contribution in [3.63, 3.8) is 0 Å². The van der Waals surface area contributed by atoms with E-state index in [4.69, 9.17) is 10.5 Å². The fraction of sp³-hybridized carbons (Fsp3) is 0.923. The second-order valence-corrected chi connectivity index (χ2v) is 8.12. The summed E-state index contributed by atoms with van der Waals surface area (Å²) in [5, 5.41) is 0. The smallest absolute Gasteiger partial charge is 0.327 e. The molecule has 0 bridgehead atoms. The number of esters is 1. The monoisotopic (exact) mass is 304 g/mol. The molecule has 2 aliphatic rings. The lowest BCUT2D eigenvalue weighted by molar-refractivity contribution is -0.151. The molecule has 20 heavy (non-hydrogen) atoms. The Hall–Kier alpha value is -0.660. The third-order valence-corrected chi connectivity index (χ3v) is 5.81. The molecule has 1 saturated carbocycles. The summed E-state index contributed by atoms with van der Waals surface area (Å²) in [5.74, 6) is 0.191. The van der Waals surface area contributed by atoms with Crippen LogP contribution in [0.3, 0.4) is 0 Å². The molecule has 1 saturated heterocycles. The minimum Gasteiger partial charge on any atom is -0.465 e. The molecule has 2 rings (SSSR count). The third kappa shape index (κ3) is 3.71. The highest BCUT2D eigenvalue weighted by atomic mass is 32.2. The van der Waals surface area contributed by atoms with Gasteiger partial charge >= 0.3 is 5.97 Å². The Bertz CT molecular complexity index is 461. The Morgan fingerprint density at radius 1 is 1.35 bits per heavy atom. The van der Waals surface area contributed by atoms with Gasteiger partial charge in [-0.25, -0.2) is 13.2 Å². The topological polar surface area (TPSA) is 89.7 Å². The van der Waals surface area contributed by atoms with Crippen molar-refractivity contribution in [3.05, 3.63) is 0 Å². The molecule has 6 nitrogen and oxygen atoms in total. The second-order valence-electron chi connectivity index (χ2n) is 5.82. The molecule has 1 heterocycles. The highest BCUT2D eigenvalue weighted by molar-refractivity contribution is 7.91. The van der Waals surface area contributed by atoms with Crippen LogP contribution in [-0.2, 0) is 19.4 Å². The molecule has 116 valence electrons. The van der Waals surface area contributed by atoms with Crippen LogP contribution in [0, 0.1) is 5.92 Å². The molecule has 0 aromatic heterocycles. The summed E-state index contributed by atoms with van der Waals surface area (Å²) in [6.07, 6.45) is 2.49. The molecule has 7 heteroatoms. The zero-order valence-corrected chi connectivity index (χ0v) is 12.8. The van der Waals surface area contributed by atoms with E-state index in [9.17, 15) is 13.2 Å². The van der Waals surface area contributed by atoms with Gasteiger partial charge in [0.2, 0.25) is 0 Å². The predicted octanol–water partition coefficient (Wildman–Crippen LogP) is -0.222. The summed E-state index contributed by atoms with van der Waals surface area (Å²) in [5.41, 5.74) is 5.33. The van der Waals surface area contributed by atoms with E-state index in [1.807, 2.05) is 4.90 Å². The summed E-state index contributed by atoms with van der Waals surface area (Å²) in [7, 11) is -2.94. The molecule has 0 aromatic carbocycles. The van der Waals surface area contributed by atoms with E-state index >= 15 is 0 Å². The fourth-order valence-electron chi connectivity index (χ4n) is 2.74. The molecule has 2 fully saturated rings. The van der Waals surface area contributed by atoms with Gasteiger partial charge in [-0.2, -0.15) is 0 Å². The zero-order valence-electron chi connectivity index (χ0n) is 12.0. The van der Waals surface area contributed by atoms with Crippen LogP contribution in [0.4, 0.5) is 0 Å². The van der Waals surface area contributed by atoms with Crippen molar-refractivity contribution >= 4 is 15.8 Å². The number of sulfone groups is 1. The van der Waals surface area contributed by atoms with Gasteiger partial charge in [-0.15, -0.1) is 0 Å². The first-order valence-electron chi connectivity index (χ1n) is 7.26. The van der Waals surface area contributed by atoms with Gasteiger partial charge in [-0.3, -0.25) is 4.90 Å². The van der Waals surface area contributed by atoms with Crippen molar-refractivity contribution in [1.29, 1.82) is 0 Å². The third-order valence-electron chi connectivity index (χ3n) is 4.09. The zero-order chi connectivity index (χ0) is 14.8. The summed E-state index contributed by atoms with van der Waals surface area (Å²) in [4.78, 5) is 14.1. The van der Waals surface area contributed by atoms with Gasteiger partial charge in [0.1, 0.15) is 5.54 Å². The lowest BCUT2D eigenvalue weighted by Crippen LogP contribution is -2.59. The molecular weight excluding hydrogens is 280 g/mol. The second kappa shape index (κ2) is 5.99. The number of carbonyl (C=O) groups excluding carboxylic acids is 1. The molecule has 1 aliphatic heterocycles. The number of hydrogen-bond acceptors (Lipinski definition) is 6. The summed E-state index contributed by atoms with van der Waals surface area (Å²) < 4.78 is 28.3. The van der Waals surface area contributed by atoms with Crippen LogP contribution in [0.2, 0.25) is 0 Å². The first-order chi connectivity index (χ1) is 9.37. The van der Waals surface area contributed by atoms with E-state index in [0.717, 1.165) is 12.8 Å². The lowest BCUT2D eigenvalue weighted by atomic mass is 9.93. The quantitative estimate of drug-likeness (QED) is 0.706. The number of nitrogens with zero attached hydrogens (tertiary/aromatic N) is 1. The maximum absolute atomic E-state index is 12.1. The molecule has 0 aromatic rings. The van der Waals surface area contributed by atoms with E-state index in [0.29, 0.717) is 32.7 Å². The van der Waals surface area contributed by atoms with Gasteiger partial charge in [0, 0.05) is 13.1 Å². The van der Waals surface area contributed by atoms with Gasteiger partial charge < -0.3 is 10.5 Å². The van der Waals surface area contributed by atoms with Gasteiger partial charge in [0.15, 0.2) is 9.84 Å². The summed E-state index contributed by atoms with van der Waals surface area (Å²) in [6.45, 7) is 3.60. The van der Waals surface area contributed by atoms with Gasteiger partial charge in [0.05, 0.1) is 18.1 Å². The van der Waals surface area contributed by atoms with Crippen LogP contribution in [0.25, 0.3) is 0 Å². The Labute approximate surface area is 120 Å². The number of rotatable bonds is 5. The Morgan fingerprint density at radius 3 is 2.65 bits per heavy atom. The molecule has 0 amide bonds. The Kier molecular flexibility index (Phi) is 4.71. The van der Waals surface area contributed by atoms with Crippen LogP contribution >= 0.6 is 0 Å². The normalized spacial score (nSPS) is 26.5. The van der Waals surface area contributed by atoms with Crippen LogP contribution < -0.4 is 5.73 Å². The van der Waals surface area contributed by atoms with Crippen LogP contribution in [0.5, 0.6) is 0 Å². The Balaban J connectivity index is 2.03. The van der Waals surface area contributed by atoms with E-state index in [-0.39, 0.29) is 23.4 Å². The number of carbonyl (C=O) groups is 1. The molecule has 0 radical (unpaired) electrons. The van der Waals surface area contributed by atoms with Crippen LogP contribution in [0.1, 0.15) is 26.2 Å². The minimum atomic E-state index is -2.94. The molecule has 0 spiro atoms. The summed E-state index contributed by atoms with van der Waals surface area (Å²) in [6, 6.07) is 0. The molecule has 1 atom stereocenters.